The van der Waals surface area contributed by atoms with E-state index in [1.807, 2.05) is 10.3 Å². The van der Waals surface area contributed by atoms with E-state index < -0.39 is 0 Å². The van der Waals surface area contributed by atoms with Crippen molar-refractivity contribution in [3.8, 4) is 0 Å². The molecule has 0 aliphatic heterocycles. The maximum atomic E-state index is 5.73. The van der Waals surface area contributed by atoms with Crippen LogP contribution in [-0.2, 0) is 6.42 Å². The van der Waals surface area contributed by atoms with Crippen molar-refractivity contribution < 1.29 is 0 Å². The first kappa shape index (κ1) is 14.4. The second-order valence-corrected chi connectivity index (χ2v) is 5.07. The molecule has 0 aliphatic rings. The third-order valence-corrected chi connectivity index (χ3v) is 3.63. The fourth-order valence-corrected chi connectivity index (χ4v) is 2.39. The van der Waals surface area contributed by atoms with Gasteiger partial charge in [0.25, 0.3) is 0 Å². The molecule has 0 unspecified atom stereocenters. The number of nitrogens with one attached hydrogen (secondary N) is 1. The summed E-state index contributed by atoms with van der Waals surface area (Å²) in [5, 5.41) is 6.22. The minimum absolute atomic E-state index is 0.235. The zero-order valence-electron chi connectivity index (χ0n) is 11.7. The van der Waals surface area contributed by atoms with Crippen LogP contribution >= 0.6 is 11.3 Å². The van der Waals surface area contributed by atoms with E-state index >= 15 is 0 Å². The normalized spacial score (nSPS) is 10.5. The number of thiazole rings is 1. The number of nitrogens with zero attached hydrogens (tertiary/aromatic N) is 5. The van der Waals surface area contributed by atoms with Gasteiger partial charge in [-0.2, -0.15) is 15.0 Å². The summed E-state index contributed by atoms with van der Waals surface area (Å²) in [6.45, 7) is 6.49. The molecule has 2 rings (SSSR count). The molecule has 0 fully saturated rings. The smallest absolute Gasteiger partial charge is 0.231 e. The van der Waals surface area contributed by atoms with Gasteiger partial charge in [0.05, 0.1) is 5.01 Å². The molecule has 2 aromatic heterocycles. The van der Waals surface area contributed by atoms with Crippen LogP contribution in [0.25, 0.3) is 0 Å². The molecule has 0 aromatic carbocycles. The molecule has 7 nitrogen and oxygen atoms in total. The molecule has 0 aliphatic carbocycles. The molecule has 20 heavy (non-hydrogen) atoms. The molecule has 0 saturated heterocycles. The first-order valence-corrected chi connectivity index (χ1v) is 7.49. The average Bonchev–Trinajstić information content (AvgIpc) is 2.93. The molecule has 0 bridgehead atoms. The second-order valence-electron chi connectivity index (χ2n) is 4.09. The Hall–Kier alpha value is -1.96. The fourth-order valence-electron chi connectivity index (χ4n) is 1.77. The van der Waals surface area contributed by atoms with Crippen molar-refractivity contribution in [3.63, 3.8) is 0 Å². The highest BCUT2D eigenvalue weighted by molar-refractivity contribution is 7.09. The number of rotatable bonds is 7. The van der Waals surface area contributed by atoms with Crippen LogP contribution in [0.1, 0.15) is 18.9 Å². The number of hydrogen-bond donors (Lipinski definition) is 2. The Morgan fingerprint density at radius 3 is 2.70 bits per heavy atom. The summed E-state index contributed by atoms with van der Waals surface area (Å²) in [6, 6.07) is 0. The van der Waals surface area contributed by atoms with Gasteiger partial charge in [-0.25, -0.2) is 4.98 Å². The van der Waals surface area contributed by atoms with Crippen molar-refractivity contribution in [1.82, 2.24) is 19.9 Å². The van der Waals surface area contributed by atoms with Crippen LogP contribution in [0.5, 0.6) is 0 Å². The maximum absolute atomic E-state index is 5.73. The molecule has 2 aromatic rings. The van der Waals surface area contributed by atoms with E-state index in [9.17, 15) is 0 Å². The lowest BCUT2D eigenvalue weighted by atomic mass is 10.4. The van der Waals surface area contributed by atoms with Gasteiger partial charge < -0.3 is 16.0 Å². The Bertz CT molecular complexity index is 525. The lowest BCUT2D eigenvalue weighted by molar-refractivity contribution is 0.813. The lowest BCUT2D eigenvalue weighted by Gasteiger charge is -2.18. The van der Waals surface area contributed by atoms with Crippen molar-refractivity contribution in [2.24, 2.45) is 0 Å². The van der Waals surface area contributed by atoms with Gasteiger partial charge in [-0.3, -0.25) is 0 Å². The predicted octanol–water partition coefficient (Wildman–Crippen LogP) is 1.41. The summed E-state index contributed by atoms with van der Waals surface area (Å²) in [4.78, 5) is 18.9. The van der Waals surface area contributed by atoms with E-state index in [1.165, 1.54) is 0 Å². The fraction of sp³-hybridized carbons (Fsp3) is 0.500. The Morgan fingerprint density at radius 1 is 1.25 bits per heavy atom. The minimum Gasteiger partial charge on any atom is -0.368 e. The van der Waals surface area contributed by atoms with Crippen LogP contribution in [0.4, 0.5) is 17.8 Å². The van der Waals surface area contributed by atoms with Gasteiger partial charge in [0.15, 0.2) is 0 Å². The number of anilines is 3. The zero-order valence-corrected chi connectivity index (χ0v) is 12.5. The third-order valence-electron chi connectivity index (χ3n) is 2.79. The molecule has 0 amide bonds. The summed E-state index contributed by atoms with van der Waals surface area (Å²) in [7, 11) is 0. The highest BCUT2D eigenvalue weighted by atomic mass is 32.1. The first-order chi connectivity index (χ1) is 9.72. The number of hydrogen-bond acceptors (Lipinski definition) is 8. The molecule has 8 heteroatoms. The minimum atomic E-state index is 0.235. The Kier molecular flexibility index (Phi) is 5.05. The van der Waals surface area contributed by atoms with Crippen molar-refractivity contribution >= 4 is 29.2 Å². The van der Waals surface area contributed by atoms with Crippen molar-refractivity contribution in [2.45, 2.75) is 20.3 Å². The quantitative estimate of drug-likeness (QED) is 0.797. The van der Waals surface area contributed by atoms with Gasteiger partial charge in [0.1, 0.15) is 0 Å². The predicted molar refractivity (Wildman–Crippen MR) is 82.1 cm³/mol. The molecule has 0 saturated carbocycles. The number of nitrogens with two attached hydrogens (primary N) is 1. The van der Waals surface area contributed by atoms with Crippen LogP contribution in [0, 0.1) is 0 Å². The summed E-state index contributed by atoms with van der Waals surface area (Å²) in [5.74, 6) is 1.36. The van der Waals surface area contributed by atoms with Gasteiger partial charge in [0.2, 0.25) is 17.8 Å². The number of nitrogen functional groups attached to an aromatic ring is 1. The Morgan fingerprint density at radius 2 is 2.05 bits per heavy atom. The Balaban J connectivity index is 2.00. The average molecular weight is 293 g/mol. The zero-order chi connectivity index (χ0) is 14.4. The first-order valence-electron chi connectivity index (χ1n) is 6.61. The van der Waals surface area contributed by atoms with Gasteiger partial charge in [-0.05, 0) is 13.8 Å². The Labute approximate surface area is 122 Å². The second kappa shape index (κ2) is 6.99. The van der Waals surface area contributed by atoms with Gasteiger partial charge in [0, 0.05) is 37.6 Å². The van der Waals surface area contributed by atoms with E-state index in [-0.39, 0.29) is 5.95 Å². The molecule has 2 heterocycles. The topological polar surface area (TPSA) is 92.9 Å². The van der Waals surface area contributed by atoms with Gasteiger partial charge in [-0.15, -0.1) is 11.3 Å². The molecule has 108 valence electrons. The van der Waals surface area contributed by atoms with Crippen LogP contribution < -0.4 is 16.0 Å². The summed E-state index contributed by atoms with van der Waals surface area (Å²) in [5.41, 5.74) is 5.73. The third kappa shape index (κ3) is 3.77. The van der Waals surface area contributed by atoms with Crippen LogP contribution in [0.15, 0.2) is 11.6 Å². The summed E-state index contributed by atoms with van der Waals surface area (Å²) in [6.07, 6.45) is 2.64. The molecular weight excluding hydrogens is 274 g/mol. The van der Waals surface area contributed by atoms with E-state index in [0.29, 0.717) is 18.4 Å². The monoisotopic (exact) mass is 293 g/mol. The van der Waals surface area contributed by atoms with Crippen molar-refractivity contribution in [2.75, 3.05) is 35.6 Å². The van der Waals surface area contributed by atoms with E-state index in [2.05, 4.69) is 39.1 Å². The molecular formula is C12H19N7S. The maximum Gasteiger partial charge on any atom is 0.231 e. The molecule has 0 atom stereocenters. The van der Waals surface area contributed by atoms with E-state index in [4.69, 9.17) is 5.73 Å². The largest absolute Gasteiger partial charge is 0.368 e. The van der Waals surface area contributed by atoms with Crippen molar-refractivity contribution in [3.05, 3.63) is 16.6 Å². The van der Waals surface area contributed by atoms with Crippen LogP contribution in [0.2, 0.25) is 0 Å². The molecule has 0 radical (unpaired) electrons. The summed E-state index contributed by atoms with van der Waals surface area (Å²) < 4.78 is 0. The van der Waals surface area contributed by atoms with Crippen LogP contribution in [-0.4, -0.2) is 39.6 Å². The van der Waals surface area contributed by atoms with Crippen LogP contribution in [0.3, 0.4) is 0 Å². The van der Waals surface area contributed by atoms with E-state index in [0.717, 1.165) is 24.5 Å². The van der Waals surface area contributed by atoms with Crippen molar-refractivity contribution in [1.29, 1.82) is 0 Å². The molecule has 0 spiro atoms. The highest BCUT2D eigenvalue weighted by Gasteiger charge is 2.09. The summed E-state index contributed by atoms with van der Waals surface area (Å²) >= 11 is 1.64. The lowest BCUT2D eigenvalue weighted by Crippen LogP contribution is -2.25. The van der Waals surface area contributed by atoms with Gasteiger partial charge >= 0.3 is 0 Å². The SMILES string of the molecule is CCN(CC)c1nc(N)nc(NCCc2nccs2)n1. The van der Waals surface area contributed by atoms with E-state index in [1.54, 1.807) is 17.5 Å². The number of aromatic nitrogens is 4. The standard InChI is InChI=1S/C12H19N7S/c1-3-19(4-2)12-17-10(13)16-11(18-12)15-6-5-9-14-7-8-20-9/h7-8H,3-6H2,1-2H3,(H3,13,15,16,17,18). The highest BCUT2D eigenvalue weighted by Crippen LogP contribution is 2.12. The van der Waals surface area contributed by atoms with Gasteiger partial charge in [-0.1, -0.05) is 0 Å². The molecule has 3 N–H and O–H groups in total.